The van der Waals surface area contributed by atoms with Gasteiger partial charge in [-0.05, 0) is 43.9 Å². The molecule has 0 bridgehead atoms. The van der Waals surface area contributed by atoms with Gasteiger partial charge in [0.05, 0.1) is 6.04 Å². The molecule has 4 atom stereocenters. The maximum absolute atomic E-state index is 13.2. The first-order valence-electron chi connectivity index (χ1n) is 12.7. The number of nitrogens with two attached hydrogens (primary N) is 5. The van der Waals surface area contributed by atoms with E-state index in [0.29, 0.717) is 19.3 Å². The average molecular weight is 543 g/mol. The monoisotopic (exact) mass is 542 g/mol. The van der Waals surface area contributed by atoms with E-state index in [1.807, 2.05) is 13.8 Å². The van der Waals surface area contributed by atoms with Gasteiger partial charge in [-0.2, -0.15) is 0 Å². The predicted octanol–water partition coefficient (Wildman–Crippen LogP) is -2.34. The largest absolute Gasteiger partial charge is 0.480 e. The molecule has 0 saturated heterocycles. The van der Waals surface area contributed by atoms with Crippen molar-refractivity contribution in [2.75, 3.05) is 13.1 Å². The van der Waals surface area contributed by atoms with E-state index in [-0.39, 0.29) is 49.7 Å². The molecule has 0 saturated carbocycles. The Morgan fingerprint density at radius 3 is 1.55 bits per heavy atom. The average Bonchev–Trinajstić information content (AvgIpc) is 2.80. The number of carboxylic acid groups (broad SMARTS) is 1. The predicted molar refractivity (Wildman–Crippen MR) is 146 cm³/mol. The Balaban J connectivity index is 5.64. The van der Waals surface area contributed by atoms with Gasteiger partial charge in [-0.1, -0.05) is 27.7 Å². The summed E-state index contributed by atoms with van der Waals surface area (Å²) in [4.78, 5) is 58.2. The molecule has 15 nitrogen and oxygen atoms in total. The van der Waals surface area contributed by atoms with Crippen molar-refractivity contribution in [3.63, 3.8) is 0 Å². The van der Waals surface area contributed by atoms with Crippen molar-refractivity contribution >= 4 is 35.6 Å². The fourth-order valence-electron chi connectivity index (χ4n) is 3.35. The Hall–Kier alpha value is -3.62. The van der Waals surface area contributed by atoms with E-state index in [4.69, 9.17) is 28.7 Å². The first-order valence-corrected chi connectivity index (χ1v) is 12.7. The number of rotatable bonds is 18. The quantitative estimate of drug-likeness (QED) is 0.0505. The SMILES string of the molecule is CC(C)C[C@H](NC(=O)[C@@H](N)C(C)C)C(=O)N[C@@H](CCCN=C(N)N)C(=O)N[C@@H](CCCN=C(N)N)C(=O)O. The second-order valence-electron chi connectivity index (χ2n) is 9.82. The number of nitrogens with one attached hydrogen (secondary N) is 3. The zero-order chi connectivity index (χ0) is 29.4. The molecule has 0 aliphatic carbocycles. The third kappa shape index (κ3) is 14.8. The Bertz CT molecular complexity index is 838. The van der Waals surface area contributed by atoms with Crippen LogP contribution >= 0.6 is 0 Å². The van der Waals surface area contributed by atoms with Crippen molar-refractivity contribution in [3.05, 3.63) is 0 Å². The normalized spacial score (nSPS) is 14.1. The highest BCUT2D eigenvalue weighted by atomic mass is 16.4. The molecule has 0 unspecified atom stereocenters. The maximum atomic E-state index is 13.2. The fraction of sp³-hybridized carbons (Fsp3) is 0.739. The molecule has 0 aliphatic rings. The topological polar surface area (TPSA) is 279 Å². The summed E-state index contributed by atoms with van der Waals surface area (Å²) in [5.41, 5.74) is 27.2. The van der Waals surface area contributed by atoms with Crippen LogP contribution in [0, 0.1) is 11.8 Å². The maximum Gasteiger partial charge on any atom is 0.326 e. The van der Waals surface area contributed by atoms with Crippen LogP contribution in [0.25, 0.3) is 0 Å². The molecular formula is C23H46N10O5. The minimum Gasteiger partial charge on any atom is -0.480 e. The van der Waals surface area contributed by atoms with Crippen molar-refractivity contribution in [2.24, 2.45) is 50.5 Å². The molecular weight excluding hydrogens is 496 g/mol. The van der Waals surface area contributed by atoms with Crippen LogP contribution in [-0.2, 0) is 19.2 Å². The first-order chi connectivity index (χ1) is 17.6. The van der Waals surface area contributed by atoms with Gasteiger partial charge in [-0.3, -0.25) is 24.4 Å². The van der Waals surface area contributed by atoms with Gasteiger partial charge >= 0.3 is 5.97 Å². The van der Waals surface area contributed by atoms with Gasteiger partial charge < -0.3 is 49.7 Å². The molecule has 0 spiro atoms. The number of carbonyl (C=O) groups excluding carboxylic acids is 3. The number of guanidine groups is 2. The lowest BCUT2D eigenvalue weighted by atomic mass is 10.00. The van der Waals surface area contributed by atoms with Crippen LogP contribution in [0.3, 0.4) is 0 Å². The molecule has 0 aromatic rings. The van der Waals surface area contributed by atoms with Crippen LogP contribution in [-0.4, -0.2) is 78.0 Å². The second-order valence-corrected chi connectivity index (χ2v) is 9.82. The number of aliphatic imine (C=N–C) groups is 2. The van der Waals surface area contributed by atoms with Crippen molar-refractivity contribution in [3.8, 4) is 0 Å². The van der Waals surface area contributed by atoms with Gasteiger partial charge in [0.15, 0.2) is 11.9 Å². The molecule has 0 heterocycles. The van der Waals surface area contributed by atoms with Crippen LogP contribution in [0.1, 0.15) is 59.8 Å². The molecule has 38 heavy (non-hydrogen) atoms. The van der Waals surface area contributed by atoms with E-state index in [2.05, 4.69) is 25.9 Å². The lowest BCUT2D eigenvalue weighted by Gasteiger charge is -2.26. The van der Waals surface area contributed by atoms with Crippen LogP contribution in [0.5, 0.6) is 0 Å². The summed E-state index contributed by atoms with van der Waals surface area (Å²) < 4.78 is 0. The molecule has 0 aromatic heterocycles. The van der Waals surface area contributed by atoms with Gasteiger partial charge in [0.1, 0.15) is 18.1 Å². The van der Waals surface area contributed by atoms with E-state index in [1.54, 1.807) is 13.8 Å². The molecule has 218 valence electrons. The highest BCUT2D eigenvalue weighted by molar-refractivity contribution is 5.94. The Morgan fingerprint density at radius 1 is 0.711 bits per heavy atom. The van der Waals surface area contributed by atoms with Gasteiger partial charge in [-0.15, -0.1) is 0 Å². The lowest BCUT2D eigenvalue weighted by Crippen LogP contribution is -2.57. The van der Waals surface area contributed by atoms with Crippen molar-refractivity contribution < 1.29 is 24.3 Å². The summed E-state index contributed by atoms with van der Waals surface area (Å²) in [7, 11) is 0. The Labute approximate surface area is 223 Å². The van der Waals surface area contributed by atoms with E-state index >= 15 is 0 Å². The lowest BCUT2D eigenvalue weighted by molar-refractivity contribution is -0.142. The standard InChI is InChI=1S/C23H46N10O5/c1-12(2)11-16(33-20(36)17(24)13(3)4)19(35)31-14(7-5-9-29-22(25)26)18(34)32-15(21(37)38)8-6-10-30-23(27)28/h12-17H,5-11,24H2,1-4H3,(H,31,35)(H,32,34)(H,33,36)(H,37,38)(H4,25,26,29)(H4,27,28,30)/t14-,15-,16-,17-/m0/s1. The molecule has 0 rings (SSSR count). The van der Waals surface area contributed by atoms with E-state index in [0.717, 1.165) is 0 Å². The van der Waals surface area contributed by atoms with E-state index in [1.165, 1.54) is 0 Å². The second kappa shape index (κ2) is 17.8. The highest BCUT2D eigenvalue weighted by Gasteiger charge is 2.30. The summed E-state index contributed by atoms with van der Waals surface area (Å²) >= 11 is 0. The molecule has 0 aliphatic heterocycles. The van der Waals surface area contributed by atoms with Crippen molar-refractivity contribution in [1.29, 1.82) is 0 Å². The van der Waals surface area contributed by atoms with E-state index in [9.17, 15) is 24.3 Å². The van der Waals surface area contributed by atoms with Gasteiger partial charge in [0, 0.05) is 13.1 Å². The van der Waals surface area contributed by atoms with Crippen LogP contribution in [0.15, 0.2) is 9.98 Å². The first kappa shape index (κ1) is 34.4. The van der Waals surface area contributed by atoms with Crippen LogP contribution in [0.2, 0.25) is 0 Å². The summed E-state index contributed by atoms with van der Waals surface area (Å²) in [6, 6.07) is -4.10. The Morgan fingerprint density at radius 2 is 1.13 bits per heavy atom. The number of hydrogen-bond acceptors (Lipinski definition) is 7. The van der Waals surface area contributed by atoms with Gasteiger partial charge in [0.2, 0.25) is 17.7 Å². The van der Waals surface area contributed by atoms with Crippen molar-refractivity contribution in [2.45, 2.75) is 84.0 Å². The molecule has 0 aromatic carbocycles. The van der Waals surface area contributed by atoms with Crippen LogP contribution in [0.4, 0.5) is 0 Å². The third-order valence-corrected chi connectivity index (χ3v) is 5.50. The number of carboxylic acids is 1. The summed E-state index contributed by atoms with van der Waals surface area (Å²) in [5.74, 6) is -3.38. The third-order valence-electron chi connectivity index (χ3n) is 5.50. The number of nitrogens with zero attached hydrogens (tertiary/aromatic N) is 2. The number of amides is 3. The minimum absolute atomic E-state index is 0.0390. The smallest absolute Gasteiger partial charge is 0.326 e. The zero-order valence-corrected chi connectivity index (χ0v) is 22.8. The van der Waals surface area contributed by atoms with E-state index < -0.39 is 47.9 Å². The minimum atomic E-state index is -1.25. The fourth-order valence-corrected chi connectivity index (χ4v) is 3.35. The molecule has 14 N–H and O–H groups in total. The summed E-state index contributed by atoms with van der Waals surface area (Å²) in [6.07, 6.45) is 1.09. The summed E-state index contributed by atoms with van der Waals surface area (Å²) in [6.45, 7) is 7.72. The number of hydrogen-bond donors (Lipinski definition) is 9. The summed E-state index contributed by atoms with van der Waals surface area (Å²) in [5, 5.41) is 17.3. The number of carbonyl (C=O) groups is 4. The molecule has 0 fully saturated rings. The highest BCUT2D eigenvalue weighted by Crippen LogP contribution is 2.09. The van der Waals surface area contributed by atoms with Gasteiger partial charge in [-0.25, -0.2) is 4.79 Å². The Kier molecular flexibility index (Phi) is 16.1. The number of aliphatic carboxylic acids is 1. The van der Waals surface area contributed by atoms with Gasteiger partial charge in [0.25, 0.3) is 0 Å². The molecule has 3 amide bonds. The van der Waals surface area contributed by atoms with Crippen molar-refractivity contribution in [1.82, 2.24) is 16.0 Å². The molecule has 15 heteroatoms. The zero-order valence-electron chi connectivity index (χ0n) is 22.8. The van der Waals surface area contributed by atoms with Crippen LogP contribution < -0.4 is 44.6 Å². The molecule has 0 radical (unpaired) electrons.